The summed E-state index contributed by atoms with van der Waals surface area (Å²) in [5, 5.41) is 2.07. The molecule has 0 saturated carbocycles. The summed E-state index contributed by atoms with van der Waals surface area (Å²) in [4.78, 5) is 6.13. The molecule has 1 atom stereocenters. The van der Waals surface area contributed by atoms with Crippen LogP contribution in [0.5, 0.6) is 0 Å². The topological polar surface area (TPSA) is 54.7 Å². The lowest BCUT2D eigenvalue weighted by atomic mass is 10.0. The van der Waals surface area contributed by atoms with E-state index in [1.165, 1.54) is 11.1 Å². The van der Waals surface area contributed by atoms with Gasteiger partial charge in [-0.15, -0.1) is 11.3 Å². The fraction of sp³-hybridized carbons (Fsp3) is 0.276. The summed E-state index contributed by atoms with van der Waals surface area (Å²) in [5.74, 6) is 0.382. The van der Waals surface area contributed by atoms with E-state index in [0.717, 1.165) is 34.6 Å². The first-order valence-electron chi connectivity index (χ1n) is 12.3. The van der Waals surface area contributed by atoms with Crippen LogP contribution < -0.4 is 4.80 Å². The van der Waals surface area contributed by atoms with Gasteiger partial charge in [0.15, 0.2) is 4.80 Å². The van der Waals surface area contributed by atoms with Crippen molar-refractivity contribution in [2.24, 2.45) is 10.9 Å². The molecule has 7 heteroatoms. The fourth-order valence-electron chi connectivity index (χ4n) is 4.62. The van der Waals surface area contributed by atoms with Crippen LogP contribution in [-0.2, 0) is 16.6 Å². The lowest BCUT2D eigenvalue weighted by Crippen LogP contribution is -2.39. The predicted molar refractivity (Wildman–Crippen MR) is 147 cm³/mol. The van der Waals surface area contributed by atoms with Gasteiger partial charge >= 0.3 is 0 Å². The molecule has 4 aromatic rings. The molecule has 1 aliphatic heterocycles. The zero-order valence-corrected chi connectivity index (χ0v) is 22.3. The average Bonchev–Trinajstić information content (AvgIpc) is 3.28. The number of nitrogens with zero attached hydrogens (tertiary/aromatic N) is 3. The maximum atomic E-state index is 13.5. The van der Waals surface area contributed by atoms with Crippen LogP contribution in [0.3, 0.4) is 0 Å². The average molecular weight is 518 g/mol. The molecule has 186 valence electrons. The summed E-state index contributed by atoms with van der Waals surface area (Å²) < 4.78 is 30.8. The minimum absolute atomic E-state index is 0.351. The molecule has 36 heavy (non-hydrogen) atoms. The maximum Gasteiger partial charge on any atom is 0.243 e. The largest absolute Gasteiger partial charge is 0.312 e. The second-order valence-electron chi connectivity index (χ2n) is 9.56. The van der Waals surface area contributed by atoms with Crippen LogP contribution in [0.1, 0.15) is 30.9 Å². The highest BCUT2D eigenvalue weighted by Gasteiger charge is 2.29. The molecule has 0 aliphatic carbocycles. The molecule has 2 heterocycles. The number of thiazole rings is 1. The summed E-state index contributed by atoms with van der Waals surface area (Å²) in [7, 11) is -3.54. The first kappa shape index (κ1) is 24.7. The number of hydrogen-bond acceptors (Lipinski definition) is 4. The Kier molecular flexibility index (Phi) is 7.23. The van der Waals surface area contributed by atoms with E-state index in [9.17, 15) is 8.42 Å². The minimum atomic E-state index is -3.54. The van der Waals surface area contributed by atoms with Crippen LogP contribution >= 0.6 is 11.3 Å². The molecule has 0 bridgehead atoms. The summed E-state index contributed by atoms with van der Waals surface area (Å²) in [6, 6.07) is 25.8. The van der Waals surface area contributed by atoms with E-state index in [-0.39, 0.29) is 0 Å². The number of sulfonamides is 1. The van der Waals surface area contributed by atoms with Crippen LogP contribution in [0.4, 0.5) is 5.69 Å². The van der Waals surface area contributed by atoms with E-state index < -0.39 is 10.0 Å². The van der Waals surface area contributed by atoms with Gasteiger partial charge in [-0.3, -0.25) is 0 Å². The van der Waals surface area contributed by atoms with Gasteiger partial charge < -0.3 is 4.57 Å². The van der Waals surface area contributed by atoms with Crippen molar-refractivity contribution < 1.29 is 8.42 Å². The molecule has 5 rings (SSSR count). The fourth-order valence-corrected chi connectivity index (χ4v) is 7.19. The van der Waals surface area contributed by atoms with Crippen molar-refractivity contribution >= 4 is 27.0 Å². The Labute approximate surface area is 217 Å². The minimum Gasteiger partial charge on any atom is -0.312 e. The van der Waals surface area contributed by atoms with E-state index in [1.54, 1.807) is 21.7 Å². The highest BCUT2D eigenvalue weighted by Crippen LogP contribution is 2.28. The Morgan fingerprint density at radius 1 is 1.00 bits per heavy atom. The third kappa shape index (κ3) is 5.38. The van der Waals surface area contributed by atoms with E-state index in [2.05, 4.69) is 48.1 Å². The first-order chi connectivity index (χ1) is 17.4. The van der Waals surface area contributed by atoms with Crippen LogP contribution in [-0.4, -0.2) is 30.4 Å². The summed E-state index contributed by atoms with van der Waals surface area (Å²) in [6.45, 7) is 6.01. The van der Waals surface area contributed by atoms with Gasteiger partial charge in [0.1, 0.15) is 0 Å². The van der Waals surface area contributed by atoms with Gasteiger partial charge in [-0.2, -0.15) is 4.31 Å². The zero-order chi connectivity index (χ0) is 25.1. The summed E-state index contributed by atoms with van der Waals surface area (Å²) in [5.41, 5.74) is 5.10. The summed E-state index contributed by atoms with van der Waals surface area (Å²) >= 11 is 1.57. The SMILES string of the molecule is Cc1ccc(Cn2c(-c3cccc(S(=O)(=O)N4CCCC(C)C4)c3)csc2=Nc2ccccc2)cc1. The Hall–Kier alpha value is -3.00. The molecule has 0 radical (unpaired) electrons. The summed E-state index contributed by atoms with van der Waals surface area (Å²) in [6.07, 6.45) is 1.99. The van der Waals surface area contributed by atoms with Crippen molar-refractivity contribution in [1.82, 2.24) is 8.87 Å². The number of piperidine rings is 1. The van der Waals surface area contributed by atoms with Crippen molar-refractivity contribution in [3.63, 3.8) is 0 Å². The standard InChI is InChI=1S/C29H31N3O2S2/c1-22-13-15-24(16-14-22)20-32-28(21-35-29(32)30-26-10-4-3-5-11-26)25-9-6-12-27(18-25)36(33,34)31-17-7-8-23(2)19-31/h3-6,9-16,18,21,23H,7-8,17,19-20H2,1-2H3. The number of benzene rings is 3. The van der Waals surface area contributed by atoms with Crippen molar-refractivity contribution in [3.05, 3.63) is 100 Å². The van der Waals surface area contributed by atoms with E-state index >= 15 is 0 Å². The molecule has 1 aliphatic rings. The Morgan fingerprint density at radius 2 is 1.78 bits per heavy atom. The predicted octanol–water partition coefficient (Wildman–Crippen LogP) is 6.23. The smallest absolute Gasteiger partial charge is 0.243 e. The lowest BCUT2D eigenvalue weighted by molar-refractivity contribution is 0.281. The van der Waals surface area contributed by atoms with Gasteiger partial charge in [-0.25, -0.2) is 13.4 Å². The number of aryl methyl sites for hydroxylation is 1. The highest BCUT2D eigenvalue weighted by molar-refractivity contribution is 7.89. The molecule has 3 aromatic carbocycles. The Morgan fingerprint density at radius 3 is 2.53 bits per heavy atom. The maximum absolute atomic E-state index is 13.5. The van der Waals surface area contributed by atoms with Crippen molar-refractivity contribution in [2.45, 2.75) is 38.1 Å². The first-order valence-corrected chi connectivity index (χ1v) is 14.7. The zero-order valence-electron chi connectivity index (χ0n) is 20.7. The monoisotopic (exact) mass is 517 g/mol. The van der Waals surface area contributed by atoms with Crippen LogP contribution in [0.15, 0.2) is 94.1 Å². The Balaban J connectivity index is 1.58. The van der Waals surface area contributed by atoms with Crippen LogP contribution in [0.2, 0.25) is 0 Å². The van der Waals surface area contributed by atoms with E-state index in [0.29, 0.717) is 30.4 Å². The second-order valence-corrected chi connectivity index (χ2v) is 12.3. The number of para-hydroxylation sites is 1. The Bertz CT molecular complexity index is 1500. The van der Waals surface area contributed by atoms with Gasteiger partial charge in [0.05, 0.1) is 22.8 Å². The van der Waals surface area contributed by atoms with E-state index in [1.807, 2.05) is 48.5 Å². The molecule has 1 unspecified atom stereocenters. The highest BCUT2D eigenvalue weighted by atomic mass is 32.2. The van der Waals surface area contributed by atoms with Gasteiger partial charge in [0.25, 0.3) is 0 Å². The van der Waals surface area contributed by atoms with Crippen LogP contribution in [0.25, 0.3) is 11.3 Å². The van der Waals surface area contributed by atoms with Gasteiger partial charge in [-0.1, -0.05) is 67.1 Å². The third-order valence-corrected chi connectivity index (χ3v) is 9.35. The lowest BCUT2D eigenvalue weighted by Gasteiger charge is -2.30. The second kappa shape index (κ2) is 10.5. The molecule has 0 amide bonds. The number of rotatable bonds is 6. The van der Waals surface area contributed by atoms with E-state index in [4.69, 9.17) is 4.99 Å². The van der Waals surface area contributed by atoms with Gasteiger partial charge in [0, 0.05) is 24.0 Å². The molecule has 1 aromatic heterocycles. The van der Waals surface area contributed by atoms with Gasteiger partial charge in [-0.05, 0) is 55.5 Å². The number of aromatic nitrogens is 1. The molecule has 0 spiro atoms. The van der Waals surface area contributed by atoms with Gasteiger partial charge in [0.2, 0.25) is 10.0 Å². The molecular weight excluding hydrogens is 486 g/mol. The van der Waals surface area contributed by atoms with Crippen molar-refractivity contribution in [3.8, 4) is 11.3 Å². The quantitative estimate of drug-likeness (QED) is 0.305. The molecule has 1 fully saturated rings. The van der Waals surface area contributed by atoms with Crippen molar-refractivity contribution in [2.75, 3.05) is 13.1 Å². The van der Waals surface area contributed by atoms with Crippen LogP contribution in [0, 0.1) is 12.8 Å². The normalized spacial score (nSPS) is 17.4. The number of hydrogen-bond donors (Lipinski definition) is 0. The molecule has 5 nitrogen and oxygen atoms in total. The molecule has 0 N–H and O–H groups in total. The molecule has 1 saturated heterocycles. The van der Waals surface area contributed by atoms with Crippen molar-refractivity contribution in [1.29, 1.82) is 0 Å². The molecular formula is C29H31N3O2S2. The third-order valence-electron chi connectivity index (χ3n) is 6.63.